The average Bonchev–Trinajstić information content (AvgIpc) is 3.38. The van der Waals surface area contributed by atoms with Gasteiger partial charge in [-0.15, -0.1) is 11.3 Å². The normalized spacial score (nSPS) is 12.7. The van der Waals surface area contributed by atoms with Crippen LogP contribution >= 0.6 is 22.9 Å². The van der Waals surface area contributed by atoms with Gasteiger partial charge in [0.15, 0.2) is 11.6 Å². The fourth-order valence-electron chi connectivity index (χ4n) is 4.28. The number of halogens is 2. The number of hydrogen-bond acceptors (Lipinski definition) is 10. The largest absolute Gasteiger partial charge is 0.495 e. The van der Waals surface area contributed by atoms with Crippen molar-refractivity contribution in [3.8, 4) is 28.1 Å². The van der Waals surface area contributed by atoms with Gasteiger partial charge in [-0.1, -0.05) is 11.6 Å². The number of rotatable bonds is 10. The smallest absolute Gasteiger partial charge is 0.412 e. The number of fused-ring (bicyclic) bond motifs is 2. The first-order chi connectivity index (χ1) is 20.2. The summed E-state index contributed by atoms with van der Waals surface area (Å²) in [6.45, 7) is 3.05. The Morgan fingerprint density at radius 3 is 2.57 bits per heavy atom. The molecule has 0 saturated carbocycles. The van der Waals surface area contributed by atoms with E-state index >= 15 is 4.39 Å². The lowest BCUT2D eigenvalue weighted by atomic mass is 10.1. The van der Waals surface area contributed by atoms with E-state index in [1.807, 2.05) is 6.07 Å². The minimum atomic E-state index is -1.27. The van der Waals surface area contributed by atoms with Gasteiger partial charge >= 0.3 is 12.1 Å². The monoisotopic (exact) mass is 613 g/mol. The third kappa shape index (κ3) is 5.98. The van der Waals surface area contributed by atoms with Gasteiger partial charge in [0.25, 0.3) is 0 Å². The van der Waals surface area contributed by atoms with Gasteiger partial charge in [-0.3, -0.25) is 9.88 Å². The molecule has 218 valence electrons. The van der Waals surface area contributed by atoms with Crippen LogP contribution in [0, 0.1) is 5.82 Å². The van der Waals surface area contributed by atoms with Crippen molar-refractivity contribution in [3.63, 3.8) is 0 Å². The zero-order chi connectivity index (χ0) is 30.0. The number of ether oxygens (including phenoxy) is 3. The fraction of sp³-hybridized carbons (Fsp3) is 0.250. The zero-order valence-electron chi connectivity index (χ0n) is 22.6. The van der Waals surface area contributed by atoms with Gasteiger partial charge in [-0.05, 0) is 32.0 Å². The van der Waals surface area contributed by atoms with Crippen LogP contribution in [-0.2, 0) is 0 Å². The summed E-state index contributed by atoms with van der Waals surface area (Å²) >= 11 is 7.71. The highest BCUT2D eigenvalue weighted by Crippen LogP contribution is 2.38. The topological polar surface area (TPSA) is 140 Å². The van der Waals surface area contributed by atoms with Crippen molar-refractivity contribution >= 4 is 55.8 Å². The molecule has 0 spiro atoms. The Kier molecular flexibility index (Phi) is 8.52. The SMILES string of the molecule is COc1cnc2c(-c3nc4cc(F)c(O[C@@H](C)[C@@H](C)N(C(=O)O)c5cnc(OCCO)nc5)cc4s3)cc(Cl)cc2c1. The molecule has 2 atom stereocenters. The van der Waals surface area contributed by atoms with Gasteiger partial charge in [0, 0.05) is 28.1 Å². The summed E-state index contributed by atoms with van der Waals surface area (Å²) in [4.78, 5) is 30.2. The molecule has 5 rings (SSSR count). The number of aromatic nitrogens is 4. The third-order valence-corrected chi connectivity index (χ3v) is 7.72. The van der Waals surface area contributed by atoms with Crippen LogP contribution in [0.25, 0.3) is 31.7 Å². The number of hydrogen-bond donors (Lipinski definition) is 2. The molecule has 2 N–H and O–H groups in total. The van der Waals surface area contributed by atoms with Crippen LogP contribution in [0.3, 0.4) is 0 Å². The number of benzene rings is 2. The first-order valence-corrected chi connectivity index (χ1v) is 13.9. The second-order valence-electron chi connectivity index (χ2n) is 9.18. The molecule has 0 aliphatic heterocycles. The number of nitrogens with zero attached hydrogens (tertiary/aromatic N) is 5. The number of carbonyl (C=O) groups is 1. The summed E-state index contributed by atoms with van der Waals surface area (Å²) in [5, 5.41) is 20.6. The number of aliphatic hydroxyl groups is 1. The fourth-order valence-corrected chi connectivity index (χ4v) is 5.50. The predicted molar refractivity (Wildman–Crippen MR) is 157 cm³/mol. The van der Waals surface area contributed by atoms with Crippen LogP contribution in [0.4, 0.5) is 14.9 Å². The highest BCUT2D eigenvalue weighted by Gasteiger charge is 2.29. The second kappa shape index (κ2) is 12.3. The van der Waals surface area contributed by atoms with Gasteiger partial charge in [0.2, 0.25) is 0 Å². The minimum Gasteiger partial charge on any atom is -0.495 e. The maximum atomic E-state index is 15.2. The Morgan fingerprint density at radius 1 is 1.12 bits per heavy atom. The molecule has 0 aliphatic carbocycles. The van der Waals surface area contributed by atoms with Gasteiger partial charge in [0.05, 0.1) is 59.8 Å². The van der Waals surface area contributed by atoms with E-state index in [1.54, 1.807) is 45.4 Å². The van der Waals surface area contributed by atoms with Crippen LogP contribution < -0.4 is 19.1 Å². The predicted octanol–water partition coefficient (Wildman–Crippen LogP) is 5.81. The number of methoxy groups -OCH3 is 1. The van der Waals surface area contributed by atoms with E-state index in [2.05, 4.69) is 19.9 Å². The highest BCUT2D eigenvalue weighted by molar-refractivity contribution is 7.21. The van der Waals surface area contributed by atoms with Crippen molar-refractivity contribution in [2.45, 2.75) is 26.0 Å². The maximum absolute atomic E-state index is 15.2. The van der Waals surface area contributed by atoms with Crippen molar-refractivity contribution in [1.82, 2.24) is 19.9 Å². The first kappa shape index (κ1) is 29.2. The lowest BCUT2D eigenvalue weighted by molar-refractivity contribution is 0.166. The molecule has 0 aliphatic rings. The van der Waals surface area contributed by atoms with Crippen molar-refractivity contribution in [3.05, 3.63) is 59.8 Å². The second-order valence-corrected chi connectivity index (χ2v) is 10.6. The number of thiazole rings is 1. The minimum absolute atomic E-state index is 0.00221. The summed E-state index contributed by atoms with van der Waals surface area (Å²) in [5.41, 5.74) is 1.96. The maximum Gasteiger partial charge on any atom is 0.412 e. The summed E-state index contributed by atoms with van der Waals surface area (Å²) in [6.07, 6.45) is 2.13. The number of anilines is 1. The standard InChI is InChI=1S/C28H25ClFN5O6S/c1-14(35(28(37)38)18-11-32-27(33-12-18)40-5-4-36)15(2)41-23-10-24-22(9-21(23)30)34-26(42-24)20-8-17(29)6-16-7-19(39-3)13-31-25(16)20/h6-15,36H,4-5H2,1-3H3,(H,37,38)/t14-,15+/m1/s1. The van der Waals surface area contributed by atoms with E-state index in [0.29, 0.717) is 37.1 Å². The Bertz CT molecular complexity index is 1760. The van der Waals surface area contributed by atoms with Crippen molar-refractivity contribution in [2.75, 3.05) is 25.2 Å². The number of amides is 1. The van der Waals surface area contributed by atoms with Gasteiger partial charge in [-0.25, -0.2) is 24.1 Å². The lowest BCUT2D eigenvalue weighted by Crippen LogP contribution is -2.46. The molecule has 0 bridgehead atoms. The Labute approximate surface area is 248 Å². The molecule has 11 nitrogen and oxygen atoms in total. The molecular formula is C28H25ClFN5O6S. The molecular weight excluding hydrogens is 589 g/mol. The van der Waals surface area contributed by atoms with Gasteiger partial charge in [-0.2, -0.15) is 0 Å². The third-order valence-electron chi connectivity index (χ3n) is 6.45. The molecule has 0 unspecified atom stereocenters. The lowest BCUT2D eigenvalue weighted by Gasteiger charge is -2.30. The molecule has 3 aromatic heterocycles. The van der Waals surface area contributed by atoms with E-state index < -0.39 is 24.1 Å². The number of aliphatic hydroxyl groups excluding tert-OH is 1. The van der Waals surface area contributed by atoms with Crippen molar-refractivity contribution in [1.29, 1.82) is 0 Å². The molecule has 2 aromatic carbocycles. The van der Waals surface area contributed by atoms with Crippen LogP contribution in [-0.4, -0.2) is 68.7 Å². The highest BCUT2D eigenvalue weighted by atomic mass is 35.5. The average molecular weight is 614 g/mol. The van der Waals surface area contributed by atoms with Crippen molar-refractivity contribution < 1.29 is 33.6 Å². The quantitative estimate of drug-likeness (QED) is 0.198. The molecule has 0 saturated heterocycles. The van der Waals surface area contributed by atoms with E-state index in [1.165, 1.54) is 29.8 Å². The van der Waals surface area contributed by atoms with E-state index in [0.717, 1.165) is 10.3 Å². The first-order valence-electron chi connectivity index (χ1n) is 12.7. The summed E-state index contributed by atoms with van der Waals surface area (Å²) in [7, 11) is 1.55. The van der Waals surface area contributed by atoms with Crippen LogP contribution in [0.1, 0.15) is 13.8 Å². The number of carboxylic acid groups (broad SMARTS) is 1. The molecule has 1 amide bonds. The van der Waals surface area contributed by atoms with Gasteiger partial charge in [0.1, 0.15) is 23.5 Å². The number of pyridine rings is 1. The molecule has 5 aromatic rings. The summed E-state index contributed by atoms with van der Waals surface area (Å²) < 4.78 is 32.2. The van der Waals surface area contributed by atoms with Crippen LogP contribution in [0.2, 0.25) is 5.02 Å². The van der Waals surface area contributed by atoms with E-state index in [-0.39, 0.29) is 30.7 Å². The Hall–Kier alpha value is -4.33. The van der Waals surface area contributed by atoms with Crippen molar-refractivity contribution in [2.24, 2.45) is 0 Å². The molecule has 3 heterocycles. The molecule has 42 heavy (non-hydrogen) atoms. The Balaban J connectivity index is 1.41. The molecule has 14 heteroatoms. The van der Waals surface area contributed by atoms with Gasteiger partial charge < -0.3 is 24.4 Å². The Morgan fingerprint density at radius 2 is 1.88 bits per heavy atom. The van der Waals surface area contributed by atoms with Crippen LogP contribution in [0.15, 0.2) is 48.9 Å². The molecule has 0 fully saturated rings. The summed E-state index contributed by atoms with van der Waals surface area (Å²) in [6, 6.07) is 7.42. The van der Waals surface area contributed by atoms with E-state index in [9.17, 15) is 9.90 Å². The summed E-state index contributed by atoms with van der Waals surface area (Å²) in [5.74, 6) is -0.108. The van der Waals surface area contributed by atoms with Crippen LogP contribution in [0.5, 0.6) is 17.5 Å². The zero-order valence-corrected chi connectivity index (χ0v) is 24.2. The van der Waals surface area contributed by atoms with E-state index in [4.69, 9.17) is 30.9 Å². The molecule has 0 radical (unpaired) electrons.